The van der Waals surface area contributed by atoms with Gasteiger partial charge in [0.05, 0.1) is 22.2 Å². The second-order valence-corrected chi connectivity index (χ2v) is 9.94. The van der Waals surface area contributed by atoms with Crippen molar-refractivity contribution >= 4 is 38.1 Å². The summed E-state index contributed by atoms with van der Waals surface area (Å²) in [7, 11) is -3.67. The van der Waals surface area contributed by atoms with Crippen LogP contribution >= 0.6 is 0 Å². The molecule has 9 heteroatoms. The number of carbonyl (C=O) groups is 1. The Morgan fingerprint density at radius 3 is 2.26 bits per heavy atom. The molecule has 0 aliphatic carbocycles. The molecule has 1 N–H and O–H groups in total. The molecule has 0 saturated carbocycles. The van der Waals surface area contributed by atoms with Gasteiger partial charge in [0, 0.05) is 40.2 Å². The molecule has 0 radical (unpaired) electrons. The molecule has 3 rings (SSSR count). The second kappa shape index (κ2) is 9.12. The van der Waals surface area contributed by atoms with Gasteiger partial charge in [-0.1, -0.05) is 6.07 Å². The zero-order valence-corrected chi connectivity index (χ0v) is 18.4. The molecule has 1 atom stereocenters. The van der Waals surface area contributed by atoms with E-state index >= 15 is 0 Å². The molecule has 0 saturated heterocycles. The molecular formula is C22H19N3O4S2. The third-order valence-corrected chi connectivity index (χ3v) is 7.28. The molecule has 3 aromatic rings. The van der Waals surface area contributed by atoms with Gasteiger partial charge in [-0.3, -0.25) is 13.3 Å². The number of hydrogen-bond donors (Lipinski definition) is 1. The van der Waals surface area contributed by atoms with E-state index in [-0.39, 0.29) is 10.5 Å². The van der Waals surface area contributed by atoms with Gasteiger partial charge in [0.1, 0.15) is 0 Å². The van der Waals surface area contributed by atoms with Crippen molar-refractivity contribution in [3.63, 3.8) is 0 Å². The van der Waals surface area contributed by atoms with Crippen molar-refractivity contribution in [2.75, 3.05) is 22.9 Å². The summed E-state index contributed by atoms with van der Waals surface area (Å²) in [4.78, 5) is 13.1. The van der Waals surface area contributed by atoms with Gasteiger partial charge < -0.3 is 5.32 Å². The van der Waals surface area contributed by atoms with Crippen LogP contribution in [0, 0.1) is 11.3 Å². The summed E-state index contributed by atoms with van der Waals surface area (Å²) < 4.78 is 38.8. The second-order valence-electron chi connectivity index (χ2n) is 6.59. The minimum absolute atomic E-state index is 0.0365. The predicted octanol–water partition coefficient (Wildman–Crippen LogP) is 3.37. The monoisotopic (exact) mass is 453 g/mol. The number of hydrogen-bond acceptors (Lipinski definition) is 5. The van der Waals surface area contributed by atoms with Gasteiger partial charge in [-0.05, 0) is 66.7 Å². The molecule has 3 aromatic carbocycles. The number of carbonyl (C=O) groups excluding carboxylic acids is 1. The van der Waals surface area contributed by atoms with Crippen molar-refractivity contribution in [1.29, 1.82) is 5.26 Å². The lowest BCUT2D eigenvalue weighted by molar-refractivity contribution is 0.102. The smallest absolute Gasteiger partial charge is 0.264 e. The summed E-state index contributed by atoms with van der Waals surface area (Å²) in [6.45, 7) is 0. The standard InChI is InChI=1S/C22H19N3O4S2/c1-25(19-10-12-20(13-11-19)30(2)27)31(28,29)21-5-3-4-17(14-21)22(26)24-18-8-6-16(15-23)7-9-18/h3-14H,1-2H3,(H,24,26). The number of amides is 1. The van der Waals surface area contributed by atoms with Crippen LogP contribution in [0.3, 0.4) is 0 Å². The summed E-state index contributed by atoms with van der Waals surface area (Å²) in [6.07, 6.45) is 1.55. The van der Waals surface area contributed by atoms with Gasteiger partial charge in [-0.2, -0.15) is 5.26 Å². The zero-order valence-electron chi connectivity index (χ0n) is 16.8. The molecule has 0 aliphatic heterocycles. The van der Waals surface area contributed by atoms with E-state index in [4.69, 9.17) is 5.26 Å². The average Bonchev–Trinajstić information content (AvgIpc) is 2.79. The highest BCUT2D eigenvalue weighted by molar-refractivity contribution is 7.92. The Morgan fingerprint density at radius 2 is 1.68 bits per heavy atom. The van der Waals surface area contributed by atoms with Gasteiger partial charge in [-0.25, -0.2) is 8.42 Å². The van der Waals surface area contributed by atoms with Gasteiger partial charge in [0.15, 0.2) is 0 Å². The van der Waals surface area contributed by atoms with E-state index in [2.05, 4.69) is 5.32 Å². The number of nitriles is 1. The number of nitrogens with one attached hydrogen (secondary N) is 1. The van der Waals surface area contributed by atoms with Crippen molar-refractivity contribution in [1.82, 2.24) is 0 Å². The molecule has 7 nitrogen and oxygen atoms in total. The van der Waals surface area contributed by atoms with E-state index in [1.807, 2.05) is 6.07 Å². The maximum absolute atomic E-state index is 13.1. The lowest BCUT2D eigenvalue weighted by atomic mass is 10.2. The third kappa shape index (κ3) is 4.99. The van der Waals surface area contributed by atoms with Crippen LogP contribution in [0.2, 0.25) is 0 Å². The Hall–Kier alpha value is -3.48. The van der Waals surface area contributed by atoms with Crippen LogP contribution in [0.5, 0.6) is 0 Å². The quantitative estimate of drug-likeness (QED) is 0.616. The predicted molar refractivity (Wildman–Crippen MR) is 120 cm³/mol. The lowest BCUT2D eigenvalue weighted by Crippen LogP contribution is -2.27. The van der Waals surface area contributed by atoms with Crippen LogP contribution in [0.15, 0.2) is 82.6 Å². The highest BCUT2D eigenvalue weighted by Gasteiger charge is 2.22. The molecule has 1 unspecified atom stereocenters. The Morgan fingerprint density at radius 1 is 1.03 bits per heavy atom. The lowest BCUT2D eigenvalue weighted by Gasteiger charge is -2.20. The van der Waals surface area contributed by atoms with Crippen LogP contribution in [0.4, 0.5) is 11.4 Å². The Balaban J connectivity index is 1.83. The molecule has 0 fully saturated rings. The first kappa shape index (κ1) is 22.2. The number of rotatable bonds is 6. The van der Waals surface area contributed by atoms with Gasteiger partial charge >= 0.3 is 0 Å². The average molecular weight is 454 g/mol. The number of anilines is 2. The zero-order chi connectivity index (χ0) is 22.6. The molecule has 0 spiro atoms. The van der Waals surface area contributed by atoms with Crippen LogP contribution < -0.4 is 9.62 Å². The molecule has 0 heterocycles. The number of nitrogens with zero attached hydrogens (tertiary/aromatic N) is 2. The normalized spacial score (nSPS) is 11.9. The van der Waals surface area contributed by atoms with Gasteiger partial charge in [-0.15, -0.1) is 0 Å². The first-order chi connectivity index (χ1) is 14.7. The maximum atomic E-state index is 13.1. The largest absolute Gasteiger partial charge is 0.322 e. The number of benzene rings is 3. The molecule has 1 amide bonds. The summed E-state index contributed by atoms with van der Waals surface area (Å²) >= 11 is 0. The summed E-state index contributed by atoms with van der Waals surface area (Å²) in [5, 5.41) is 11.5. The third-order valence-electron chi connectivity index (χ3n) is 4.56. The van der Waals surface area contributed by atoms with Gasteiger partial charge in [0.2, 0.25) is 0 Å². The van der Waals surface area contributed by atoms with E-state index < -0.39 is 26.7 Å². The van der Waals surface area contributed by atoms with Crippen molar-refractivity contribution in [2.45, 2.75) is 9.79 Å². The van der Waals surface area contributed by atoms with E-state index in [0.29, 0.717) is 21.8 Å². The van der Waals surface area contributed by atoms with Crippen molar-refractivity contribution in [2.24, 2.45) is 0 Å². The maximum Gasteiger partial charge on any atom is 0.264 e. The van der Waals surface area contributed by atoms with Crippen LogP contribution in [-0.4, -0.2) is 31.8 Å². The molecule has 31 heavy (non-hydrogen) atoms. The minimum Gasteiger partial charge on any atom is -0.322 e. The minimum atomic E-state index is -3.92. The first-order valence-corrected chi connectivity index (χ1v) is 12.1. The van der Waals surface area contributed by atoms with Crippen LogP contribution in [0.25, 0.3) is 0 Å². The molecule has 0 aromatic heterocycles. The molecular weight excluding hydrogens is 434 g/mol. The summed E-state index contributed by atoms with van der Waals surface area (Å²) in [6, 6.07) is 20.5. The van der Waals surface area contributed by atoms with Crippen molar-refractivity contribution < 1.29 is 17.4 Å². The van der Waals surface area contributed by atoms with Gasteiger partial charge in [0.25, 0.3) is 15.9 Å². The Kier molecular flexibility index (Phi) is 6.53. The molecule has 0 aliphatic rings. The topological polar surface area (TPSA) is 107 Å². The van der Waals surface area contributed by atoms with E-state index in [9.17, 15) is 17.4 Å². The first-order valence-electron chi connectivity index (χ1n) is 9.06. The number of sulfonamides is 1. The summed E-state index contributed by atoms with van der Waals surface area (Å²) in [5.74, 6) is -0.473. The molecule has 158 valence electrons. The highest BCUT2D eigenvalue weighted by atomic mass is 32.2. The Labute approximate surface area is 183 Å². The van der Waals surface area contributed by atoms with Crippen LogP contribution in [0.1, 0.15) is 15.9 Å². The fourth-order valence-corrected chi connectivity index (χ4v) is 4.54. The summed E-state index contributed by atoms with van der Waals surface area (Å²) in [5.41, 5.74) is 1.53. The fourth-order valence-electron chi connectivity index (χ4n) is 2.77. The van der Waals surface area contributed by atoms with Crippen LogP contribution in [-0.2, 0) is 20.8 Å². The molecule has 0 bridgehead atoms. The van der Waals surface area contributed by atoms with Crippen molar-refractivity contribution in [3.05, 3.63) is 83.9 Å². The SMILES string of the molecule is CN(c1ccc(S(C)=O)cc1)S(=O)(=O)c1cccc(C(=O)Nc2ccc(C#N)cc2)c1. The fraction of sp³-hybridized carbons (Fsp3) is 0.0909. The highest BCUT2D eigenvalue weighted by Crippen LogP contribution is 2.24. The van der Waals surface area contributed by atoms with E-state index in [0.717, 1.165) is 4.31 Å². The Bertz CT molecular complexity index is 1280. The van der Waals surface area contributed by atoms with E-state index in [1.54, 1.807) is 54.8 Å². The van der Waals surface area contributed by atoms with Crippen molar-refractivity contribution in [3.8, 4) is 6.07 Å². The van der Waals surface area contributed by atoms with E-state index in [1.165, 1.54) is 31.3 Å².